The number of hydrogen-bond donors (Lipinski definition) is 0. The zero-order valence-corrected chi connectivity index (χ0v) is 18.2. The molecular weight excluding hydrogens is 308 g/mol. The Kier molecular flexibility index (Phi) is 19.3. The Balaban J connectivity index is -0.00000200. The maximum Gasteiger partial charge on any atom is 1.00 e. The van der Waals surface area contributed by atoms with Gasteiger partial charge in [-0.2, -0.15) is 0 Å². The first kappa shape index (κ1) is 25.2. The summed E-state index contributed by atoms with van der Waals surface area (Å²) in [5.74, 6) is 0. The van der Waals surface area contributed by atoms with Gasteiger partial charge < -0.3 is 10.8 Å². The van der Waals surface area contributed by atoms with Crippen LogP contribution in [-0.4, -0.2) is 38.3 Å². The minimum absolute atomic E-state index is 0. The van der Waals surface area contributed by atoms with Gasteiger partial charge in [0, 0.05) is 0 Å². The zero-order valence-electron chi connectivity index (χ0n) is 16.3. The third kappa shape index (κ3) is 19.0. The first-order valence-electron chi connectivity index (χ1n) is 8.57. The van der Waals surface area contributed by atoms with Gasteiger partial charge in [0.15, 0.2) is 6.61 Å². The van der Waals surface area contributed by atoms with Crippen molar-refractivity contribution in [1.82, 2.24) is 0 Å². The van der Waals surface area contributed by atoms with Crippen LogP contribution in [0.3, 0.4) is 0 Å². The molecule has 0 fully saturated rings. The monoisotopic (exact) mass is 344 g/mol. The summed E-state index contributed by atoms with van der Waals surface area (Å²) in [6.45, 7) is 4.40. The van der Waals surface area contributed by atoms with Crippen LogP contribution in [0.5, 0.6) is 0 Å². The summed E-state index contributed by atoms with van der Waals surface area (Å²) in [6, 6.07) is 0. The average molecular weight is 344 g/mol. The summed E-state index contributed by atoms with van der Waals surface area (Å²) in [5, 5.41) is 0. The largest absolute Gasteiger partial charge is 1.00 e. The molecule has 0 saturated heterocycles. The Hall–Kier alpha value is 0.980. The van der Waals surface area contributed by atoms with Crippen LogP contribution >= 0.6 is 8.25 Å². The number of hydrogen-bond acceptors (Lipinski definition) is 3. The van der Waals surface area contributed by atoms with E-state index in [4.69, 9.17) is 0 Å². The van der Waals surface area contributed by atoms with Crippen molar-refractivity contribution in [3.8, 4) is 0 Å². The van der Waals surface area contributed by atoms with Crippen LogP contribution in [0.25, 0.3) is 0 Å². The molecule has 0 aliphatic heterocycles. The average Bonchev–Trinajstić information content (AvgIpc) is 2.40. The van der Waals surface area contributed by atoms with Gasteiger partial charge in [0.1, 0.15) is 6.54 Å². The summed E-state index contributed by atoms with van der Waals surface area (Å²) in [6.07, 6.45) is 13.5. The Morgan fingerprint density at radius 3 is 1.82 bits per heavy atom. The molecule has 0 rings (SSSR count). The Labute approximate surface area is 162 Å². The van der Waals surface area contributed by atoms with Gasteiger partial charge >= 0.3 is 37.8 Å². The van der Waals surface area contributed by atoms with Crippen LogP contribution in [0.1, 0.15) is 72.6 Å². The molecule has 6 heteroatoms. The topological polar surface area (TPSA) is 49.4 Å². The SMILES string of the molecule is CCCCCCCCCCCC[N+](C)(C)CCO[P+](=O)[O-].[H-].[Na+]. The first-order chi connectivity index (χ1) is 9.98. The third-order valence-corrected chi connectivity index (χ3v) is 4.40. The Morgan fingerprint density at radius 2 is 1.36 bits per heavy atom. The van der Waals surface area contributed by atoms with E-state index in [1.807, 2.05) is 0 Å². The number of rotatable bonds is 15. The number of likely N-dealkylation sites (N-methyl/N-ethyl adjacent to an activating group) is 1. The molecule has 0 saturated carbocycles. The molecule has 4 nitrogen and oxygen atoms in total. The maximum absolute atomic E-state index is 10.3. The van der Waals surface area contributed by atoms with E-state index in [-0.39, 0.29) is 31.0 Å². The van der Waals surface area contributed by atoms with Gasteiger partial charge in [-0.1, -0.05) is 58.3 Å². The Morgan fingerprint density at radius 1 is 0.909 bits per heavy atom. The van der Waals surface area contributed by atoms with E-state index in [9.17, 15) is 9.46 Å². The molecule has 1 atom stereocenters. The molecule has 128 valence electrons. The molecule has 0 aromatic rings. The maximum atomic E-state index is 10.3. The molecule has 0 N–H and O–H groups in total. The predicted molar refractivity (Wildman–Crippen MR) is 88.4 cm³/mol. The molecule has 0 aliphatic rings. The molecule has 0 heterocycles. The van der Waals surface area contributed by atoms with Crippen molar-refractivity contribution >= 4 is 8.25 Å². The predicted octanol–water partition coefficient (Wildman–Crippen LogP) is 1.13. The second-order valence-corrected chi connectivity index (χ2v) is 7.33. The van der Waals surface area contributed by atoms with Crippen molar-refractivity contribution in [2.75, 3.05) is 33.8 Å². The van der Waals surface area contributed by atoms with Crippen LogP contribution in [-0.2, 0) is 9.09 Å². The van der Waals surface area contributed by atoms with Gasteiger partial charge in [0.25, 0.3) is 0 Å². The standard InChI is InChI=1S/C16H35NO3P.Na.H/c1-4-5-6-7-8-9-10-11-12-13-14-17(2,3)15-16-20-21(18)19;;/h4-16H2,1-3H3;;/q2*+1;-1. The van der Waals surface area contributed by atoms with Crippen molar-refractivity contribution in [2.45, 2.75) is 71.1 Å². The fraction of sp³-hybridized carbons (Fsp3) is 1.00. The Bertz CT molecular complexity index is 272. The quantitative estimate of drug-likeness (QED) is 0.194. The summed E-state index contributed by atoms with van der Waals surface area (Å²) in [4.78, 5) is 10.3. The van der Waals surface area contributed by atoms with E-state index >= 15 is 0 Å². The number of nitrogens with zero attached hydrogens (tertiary/aromatic N) is 1. The second kappa shape index (κ2) is 16.8. The molecule has 0 amide bonds. The van der Waals surface area contributed by atoms with Crippen LogP contribution in [0, 0.1) is 0 Å². The normalized spacial score (nSPS) is 12.1. The molecule has 0 aromatic carbocycles. The first-order valence-corrected chi connectivity index (χ1v) is 9.67. The number of quaternary nitrogens is 1. The minimum atomic E-state index is -2.69. The fourth-order valence-corrected chi connectivity index (χ4v) is 2.73. The van der Waals surface area contributed by atoms with Crippen LogP contribution in [0.2, 0.25) is 0 Å². The molecule has 22 heavy (non-hydrogen) atoms. The van der Waals surface area contributed by atoms with E-state index < -0.39 is 8.25 Å². The summed E-state index contributed by atoms with van der Waals surface area (Å²) in [5.41, 5.74) is 0. The summed E-state index contributed by atoms with van der Waals surface area (Å²) in [7, 11) is 1.58. The molecule has 0 aliphatic carbocycles. The summed E-state index contributed by atoms with van der Waals surface area (Å²) < 4.78 is 15.8. The number of unbranched alkanes of at least 4 members (excludes halogenated alkanes) is 9. The van der Waals surface area contributed by atoms with E-state index in [0.29, 0.717) is 6.61 Å². The van der Waals surface area contributed by atoms with E-state index in [1.165, 1.54) is 64.2 Å². The van der Waals surface area contributed by atoms with E-state index in [2.05, 4.69) is 25.5 Å². The molecule has 0 aromatic heterocycles. The van der Waals surface area contributed by atoms with Gasteiger partial charge in [-0.15, -0.1) is 4.52 Å². The zero-order chi connectivity index (χ0) is 16.0. The summed E-state index contributed by atoms with van der Waals surface area (Å²) >= 11 is 0. The van der Waals surface area contributed by atoms with Gasteiger partial charge in [0.2, 0.25) is 0 Å². The van der Waals surface area contributed by atoms with E-state index in [0.717, 1.165) is 17.6 Å². The van der Waals surface area contributed by atoms with Crippen molar-refractivity contribution < 1.29 is 49.4 Å². The molecule has 0 spiro atoms. The van der Waals surface area contributed by atoms with Crippen LogP contribution in [0.15, 0.2) is 0 Å². The second-order valence-electron chi connectivity index (χ2n) is 6.62. The van der Waals surface area contributed by atoms with E-state index in [1.54, 1.807) is 0 Å². The third-order valence-electron chi connectivity index (χ3n) is 4.01. The molecule has 1 unspecified atom stereocenters. The van der Waals surface area contributed by atoms with Crippen molar-refractivity contribution in [1.29, 1.82) is 0 Å². The van der Waals surface area contributed by atoms with Gasteiger partial charge in [-0.05, 0) is 17.4 Å². The molecule has 0 bridgehead atoms. The smallest absolute Gasteiger partial charge is 1.00 e. The van der Waals surface area contributed by atoms with Gasteiger partial charge in [-0.25, -0.2) is 0 Å². The van der Waals surface area contributed by atoms with Crippen molar-refractivity contribution in [3.63, 3.8) is 0 Å². The van der Waals surface area contributed by atoms with Crippen LogP contribution < -0.4 is 34.5 Å². The fourth-order valence-electron chi connectivity index (χ4n) is 2.50. The van der Waals surface area contributed by atoms with Crippen LogP contribution in [0.4, 0.5) is 0 Å². The minimum Gasteiger partial charge on any atom is -1.00 e. The molecular formula is C16H36NNaO3P+. The molecule has 0 radical (unpaired) electrons. The van der Waals surface area contributed by atoms with Gasteiger partial charge in [-0.3, -0.25) is 0 Å². The van der Waals surface area contributed by atoms with Gasteiger partial charge in [0.05, 0.1) is 20.6 Å². The van der Waals surface area contributed by atoms with Crippen molar-refractivity contribution in [2.24, 2.45) is 0 Å². The van der Waals surface area contributed by atoms with Crippen molar-refractivity contribution in [3.05, 3.63) is 0 Å².